The van der Waals surface area contributed by atoms with Crippen molar-refractivity contribution in [1.82, 2.24) is 24.9 Å². The molecule has 0 saturated carbocycles. The molecular formula is C25H32ClF2N7O3. The van der Waals surface area contributed by atoms with Gasteiger partial charge in [-0.3, -0.25) is 19.3 Å². The third-order valence-corrected chi connectivity index (χ3v) is 6.28. The molecule has 0 bridgehead atoms. The molecule has 206 valence electrons. The topological polar surface area (TPSA) is 104 Å². The summed E-state index contributed by atoms with van der Waals surface area (Å²) in [5.41, 5.74) is 0.699. The molecule has 10 nitrogen and oxygen atoms in total. The van der Waals surface area contributed by atoms with Gasteiger partial charge in [0.2, 0.25) is 5.91 Å². The van der Waals surface area contributed by atoms with Crippen molar-refractivity contribution in [3.05, 3.63) is 41.1 Å². The Kier molecular flexibility index (Phi) is 10.2. The second-order valence-corrected chi connectivity index (χ2v) is 9.06. The quantitative estimate of drug-likeness (QED) is 0.297. The number of amidine groups is 1. The van der Waals surface area contributed by atoms with Gasteiger partial charge in [-0.15, -0.1) is 0 Å². The van der Waals surface area contributed by atoms with Crippen LogP contribution in [0.1, 0.15) is 13.3 Å². The number of aliphatic imine (C=N–C) groups is 1. The highest BCUT2D eigenvalue weighted by atomic mass is 35.5. The van der Waals surface area contributed by atoms with E-state index in [1.165, 1.54) is 36.1 Å². The molecule has 38 heavy (non-hydrogen) atoms. The van der Waals surface area contributed by atoms with Crippen LogP contribution >= 0.6 is 11.6 Å². The SMILES string of the molecule is C/C=C(/C(=O)Nc1cn(CC(=O)N2CCCN(C)CC2)nc1-c1cc(Cl)ccc1OC(F)F)C(=NC)NC. The Bertz CT molecular complexity index is 1220. The van der Waals surface area contributed by atoms with Crippen molar-refractivity contribution in [2.45, 2.75) is 26.5 Å². The van der Waals surface area contributed by atoms with Gasteiger partial charge in [0, 0.05) is 50.5 Å². The van der Waals surface area contributed by atoms with Gasteiger partial charge in [0.1, 0.15) is 23.8 Å². The van der Waals surface area contributed by atoms with Crippen molar-refractivity contribution in [1.29, 1.82) is 0 Å². The molecule has 1 saturated heterocycles. The highest BCUT2D eigenvalue weighted by molar-refractivity contribution is 6.31. The van der Waals surface area contributed by atoms with Crippen molar-refractivity contribution in [3.8, 4) is 17.0 Å². The van der Waals surface area contributed by atoms with Crippen molar-refractivity contribution < 1.29 is 23.1 Å². The van der Waals surface area contributed by atoms with Gasteiger partial charge in [-0.1, -0.05) is 17.7 Å². The fourth-order valence-electron chi connectivity index (χ4n) is 4.15. The zero-order valence-electron chi connectivity index (χ0n) is 21.8. The first-order chi connectivity index (χ1) is 18.2. The lowest BCUT2D eigenvalue weighted by Gasteiger charge is -2.20. The third kappa shape index (κ3) is 7.29. The minimum absolute atomic E-state index is 0.104. The predicted octanol–water partition coefficient (Wildman–Crippen LogP) is 3.10. The zero-order valence-corrected chi connectivity index (χ0v) is 22.6. The van der Waals surface area contributed by atoms with Crippen LogP contribution in [-0.2, 0) is 16.1 Å². The normalized spacial score (nSPS) is 15.4. The first kappa shape index (κ1) is 29.1. The van der Waals surface area contributed by atoms with E-state index in [0.717, 1.165) is 19.5 Å². The number of hydrogen-bond donors (Lipinski definition) is 2. The molecule has 0 spiro atoms. The fraction of sp³-hybridized carbons (Fsp3) is 0.440. The molecule has 13 heteroatoms. The van der Waals surface area contributed by atoms with Crippen molar-refractivity contribution >= 4 is 34.9 Å². The van der Waals surface area contributed by atoms with Crippen LogP contribution in [0, 0.1) is 0 Å². The lowest BCUT2D eigenvalue weighted by Crippen LogP contribution is -2.36. The van der Waals surface area contributed by atoms with Crippen LogP contribution in [0.5, 0.6) is 5.75 Å². The minimum atomic E-state index is -3.09. The molecule has 0 aliphatic carbocycles. The largest absolute Gasteiger partial charge is 0.434 e. The Balaban J connectivity index is 2.00. The molecule has 2 aromatic rings. The average molecular weight is 552 g/mol. The molecule has 1 aliphatic rings. The van der Waals surface area contributed by atoms with Crippen LogP contribution in [0.4, 0.5) is 14.5 Å². The molecular weight excluding hydrogens is 520 g/mol. The molecule has 0 atom stereocenters. The van der Waals surface area contributed by atoms with Crippen LogP contribution in [0.25, 0.3) is 11.3 Å². The second-order valence-electron chi connectivity index (χ2n) is 8.62. The number of hydrogen-bond acceptors (Lipinski definition) is 6. The van der Waals surface area contributed by atoms with E-state index in [-0.39, 0.29) is 45.7 Å². The number of allylic oxidation sites excluding steroid dienone is 1. The number of nitrogens with one attached hydrogen (secondary N) is 2. The van der Waals surface area contributed by atoms with Crippen LogP contribution in [0.3, 0.4) is 0 Å². The number of likely N-dealkylation sites (N-methyl/N-ethyl adjacent to an activating group) is 2. The van der Waals surface area contributed by atoms with Gasteiger partial charge in [-0.2, -0.15) is 13.9 Å². The van der Waals surface area contributed by atoms with Crippen LogP contribution in [0.2, 0.25) is 5.02 Å². The molecule has 2 amide bonds. The molecule has 1 aromatic heterocycles. The summed E-state index contributed by atoms with van der Waals surface area (Å²) in [6.07, 6.45) is 3.92. The van der Waals surface area contributed by atoms with Gasteiger partial charge in [0.05, 0.1) is 11.3 Å². The van der Waals surface area contributed by atoms with Gasteiger partial charge < -0.3 is 25.2 Å². The number of alkyl halides is 2. The molecule has 2 N–H and O–H groups in total. The number of benzene rings is 1. The molecule has 0 unspecified atom stereocenters. The fourth-order valence-corrected chi connectivity index (χ4v) is 4.32. The van der Waals surface area contributed by atoms with Crippen molar-refractivity contribution in [2.75, 3.05) is 52.6 Å². The first-order valence-electron chi connectivity index (χ1n) is 12.1. The molecule has 1 fully saturated rings. The van der Waals surface area contributed by atoms with Gasteiger partial charge >= 0.3 is 6.61 Å². The summed E-state index contributed by atoms with van der Waals surface area (Å²) in [6, 6.07) is 4.12. The van der Waals surface area contributed by atoms with E-state index in [0.29, 0.717) is 18.9 Å². The van der Waals surface area contributed by atoms with Gasteiger partial charge in [0.25, 0.3) is 5.91 Å². The summed E-state index contributed by atoms with van der Waals surface area (Å²) in [6.45, 7) is 1.35. The lowest BCUT2D eigenvalue weighted by molar-refractivity contribution is -0.131. The number of amides is 2. The zero-order chi connectivity index (χ0) is 27.8. The monoisotopic (exact) mass is 551 g/mol. The number of aromatic nitrogens is 2. The van der Waals surface area contributed by atoms with Crippen molar-refractivity contribution in [2.24, 2.45) is 4.99 Å². The number of rotatable bonds is 8. The number of carbonyl (C=O) groups excluding carboxylic acids is 2. The van der Waals surface area contributed by atoms with E-state index in [9.17, 15) is 18.4 Å². The van der Waals surface area contributed by atoms with E-state index < -0.39 is 12.5 Å². The van der Waals surface area contributed by atoms with Gasteiger partial charge in [-0.05, 0) is 45.1 Å². The summed E-state index contributed by atoms with van der Waals surface area (Å²) in [4.78, 5) is 34.2. The highest BCUT2D eigenvalue weighted by Gasteiger charge is 2.24. The van der Waals surface area contributed by atoms with E-state index in [1.807, 2.05) is 7.05 Å². The Hall–Kier alpha value is -3.51. The average Bonchev–Trinajstić information content (AvgIpc) is 3.12. The van der Waals surface area contributed by atoms with E-state index in [4.69, 9.17) is 16.3 Å². The van der Waals surface area contributed by atoms with Crippen LogP contribution in [-0.4, -0.2) is 91.2 Å². The smallest absolute Gasteiger partial charge is 0.387 e. The van der Waals surface area contributed by atoms with E-state index in [2.05, 4.69) is 25.6 Å². The number of halogens is 3. The Morgan fingerprint density at radius 3 is 2.68 bits per heavy atom. The number of nitrogens with zero attached hydrogens (tertiary/aromatic N) is 5. The number of anilines is 1. The van der Waals surface area contributed by atoms with E-state index >= 15 is 0 Å². The first-order valence-corrected chi connectivity index (χ1v) is 12.5. The van der Waals surface area contributed by atoms with Crippen LogP contribution in [0.15, 0.2) is 41.0 Å². The Morgan fingerprint density at radius 2 is 2.03 bits per heavy atom. The number of ether oxygens (including phenoxy) is 1. The Labute approximate surface area is 225 Å². The van der Waals surface area contributed by atoms with Gasteiger partial charge in [0.15, 0.2) is 0 Å². The molecule has 0 radical (unpaired) electrons. The highest BCUT2D eigenvalue weighted by Crippen LogP contribution is 2.37. The Morgan fingerprint density at radius 1 is 1.26 bits per heavy atom. The maximum absolute atomic E-state index is 13.2. The molecule has 1 aromatic carbocycles. The summed E-state index contributed by atoms with van der Waals surface area (Å²) in [5, 5.41) is 10.4. The minimum Gasteiger partial charge on any atom is -0.434 e. The summed E-state index contributed by atoms with van der Waals surface area (Å²) >= 11 is 6.17. The maximum Gasteiger partial charge on any atom is 0.387 e. The molecule has 2 heterocycles. The lowest BCUT2D eigenvalue weighted by atomic mass is 10.1. The summed E-state index contributed by atoms with van der Waals surface area (Å²) < 4.78 is 32.4. The maximum atomic E-state index is 13.2. The predicted molar refractivity (Wildman–Crippen MR) is 143 cm³/mol. The van der Waals surface area contributed by atoms with Crippen molar-refractivity contribution in [3.63, 3.8) is 0 Å². The van der Waals surface area contributed by atoms with Crippen LogP contribution < -0.4 is 15.4 Å². The van der Waals surface area contributed by atoms with Gasteiger partial charge in [-0.25, -0.2) is 0 Å². The summed E-state index contributed by atoms with van der Waals surface area (Å²) in [5.74, 6) is -0.482. The number of carbonyl (C=O) groups is 2. The molecule has 3 rings (SSSR count). The second kappa shape index (κ2) is 13.3. The summed E-state index contributed by atoms with van der Waals surface area (Å²) in [7, 11) is 5.18. The molecule has 1 aliphatic heterocycles. The van der Waals surface area contributed by atoms with E-state index in [1.54, 1.807) is 24.9 Å². The standard InChI is InChI=1S/C25H32ClF2N7O3/c1-5-17(23(29-2)30-3)24(37)31-19-14-35(15-21(36)34-10-6-9-33(4)11-12-34)32-22(19)18-13-16(26)7-8-20(18)38-25(27)28/h5,7-8,13-14,25H,6,9-12,15H2,1-4H3,(H,29,30)(H,31,37)/b17-5+. The third-order valence-electron chi connectivity index (χ3n) is 6.04.